The van der Waals surface area contributed by atoms with Gasteiger partial charge in [-0.2, -0.15) is 9.97 Å². The van der Waals surface area contributed by atoms with E-state index in [1.807, 2.05) is 42.6 Å². The van der Waals surface area contributed by atoms with Crippen molar-refractivity contribution in [3.05, 3.63) is 47.3 Å². The Labute approximate surface area is 265 Å². The number of rotatable bonds is 11. The summed E-state index contributed by atoms with van der Waals surface area (Å²) in [6.07, 6.45) is -2.70. The van der Waals surface area contributed by atoms with Crippen molar-refractivity contribution >= 4 is 69.6 Å². The molecule has 16 heteroatoms. The first-order valence-electron chi connectivity index (χ1n) is 13.5. The molecule has 5 atom stereocenters. The van der Waals surface area contributed by atoms with E-state index in [-0.39, 0.29) is 23.6 Å². The fraction of sp³-hybridized carbons (Fsp3) is 0.393. The highest BCUT2D eigenvalue weighted by atomic mass is 35.5. The van der Waals surface area contributed by atoms with Gasteiger partial charge in [-0.25, -0.2) is 9.97 Å². The lowest BCUT2D eigenvalue weighted by molar-refractivity contribution is -0.166. The summed E-state index contributed by atoms with van der Waals surface area (Å²) in [6, 6.07) is 9.92. The molecule has 4 aromatic rings. The first-order chi connectivity index (χ1) is 21.1. The summed E-state index contributed by atoms with van der Waals surface area (Å²) in [5, 5.41) is 5.33. The standard InChI is InChI=1S/C28H29ClN6O7S2/c1-14(11-43-28-32-19(12-44-28)18-8-6-5-7-9-18)31-24-21-25(34-27(29)33-24)35(13-30-21)26-23(41-17(4)38)22(40-16(3)37)20(42-26)10-39-15(2)36/h5-9,12-14,20,22-23,26H,10-11H2,1-4H3,(H,31,33,34)/t14-,20-,22?,23?,26-/m1/s1. The van der Waals surface area contributed by atoms with Crippen LogP contribution in [0.5, 0.6) is 0 Å². The number of aromatic nitrogens is 5. The van der Waals surface area contributed by atoms with Crippen LogP contribution in [0.4, 0.5) is 5.82 Å². The molecule has 232 valence electrons. The first kappa shape index (κ1) is 31.6. The first-order valence-corrected chi connectivity index (χ1v) is 15.8. The van der Waals surface area contributed by atoms with E-state index in [1.54, 1.807) is 23.1 Å². The molecule has 0 bridgehead atoms. The van der Waals surface area contributed by atoms with Gasteiger partial charge < -0.3 is 24.3 Å². The number of carbonyl (C=O) groups is 3. The minimum Gasteiger partial charge on any atom is -0.463 e. The summed E-state index contributed by atoms with van der Waals surface area (Å²) in [5.74, 6) is -0.739. The number of imidazole rings is 1. The lowest BCUT2D eigenvalue weighted by Gasteiger charge is -2.23. The Morgan fingerprint density at radius 2 is 1.80 bits per heavy atom. The molecule has 1 N–H and O–H groups in total. The lowest BCUT2D eigenvalue weighted by atomic mass is 10.1. The monoisotopic (exact) mass is 660 g/mol. The van der Waals surface area contributed by atoms with Crippen LogP contribution in [-0.4, -0.2) is 79.1 Å². The van der Waals surface area contributed by atoms with Crippen molar-refractivity contribution in [1.29, 1.82) is 0 Å². The topological polar surface area (TPSA) is 157 Å². The molecule has 0 radical (unpaired) electrons. The summed E-state index contributed by atoms with van der Waals surface area (Å²) in [4.78, 5) is 53.4. The molecule has 13 nitrogen and oxygen atoms in total. The lowest BCUT2D eigenvalue weighted by Crippen LogP contribution is -2.40. The SMILES string of the molecule is CC(=O)OC[C@H]1O[C@@H](n2cnc3c(N[C@H](C)CSc4nc(-c5ccccc5)cs4)nc(Cl)nc32)C(OC(C)=O)C1OC(C)=O. The van der Waals surface area contributed by atoms with Gasteiger partial charge in [-0.15, -0.1) is 11.3 Å². The van der Waals surface area contributed by atoms with Gasteiger partial charge >= 0.3 is 17.9 Å². The van der Waals surface area contributed by atoms with E-state index in [4.69, 9.17) is 35.5 Å². The highest BCUT2D eigenvalue weighted by Gasteiger charge is 2.51. The Morgan fingerprint density at radius 1 is 1.07 bits per heavy atom. The number of nitrogens with zero attached hydrogens (tertiary/aromatic N) is 5. The van der Waals surface area contributed by atoms with Crippen LogP contribution in [0, 0.1) is 0 Å². The minimum atomic E-state index is -1.10. The van der Waals surface area contributed by atoms with Crippen LogP contribution in [-0.2, 0) is 33.3 Å². The second-order valence-electron chi connectivity index (χ2n) is 9.90. The quantitative estimate of drug-likeness (QED) is 0.104. The summed E-state index contributed by atoms with van der Waals surface area (Å²) < 4.78 is 24.7. The Hall–Kier alpha value is -3.79. The molecule has 1 aliphatic heterocycles. The number of thiazole rings is 1. The fourth-order valence-corrected chi connectivity index (χ4v) is 6.61. The molecule has 1 saturated heterocycles. The van der Waals surface area contributed by atoms with E-state index in [0.717, 1.165) is 15.6 Å². The minimum absolute atomic E-state index is 0.0518. The van der Waals surface area contributed by atoms with Crippen molar-refractivity contribution in [2.45, 2.75) is 62.6 Å². The molecule has 1 aromatic carbocycles. The van der Waals surface area contributed by atoms with Crippen molar-refractivity contribution in [2.75, 3.05) is 17.7 Å². The maximum absolute atomic E-state index is 12.1. The maximum Gasteiger partial charge on any atom is 0.303 e. The third kappa shape index (κ3) is 7.46. The molecule has 4 heterocycles. The van der Waals surface area contributed by atoms with Gasteiger partial charge in [-0.05, 0) is 18.5 Å². The molecule has 0 spiro atoms. The largest absolute Gasteiger partial charge is 0.463 e. The van der Waals surface area contributed by atoms with E-state index in [0.29, 0.717) is 17.1 Å². The summed E-state index contributed by atoms with van der Waals surface area (Å²) in [7, 11) is 0. The molecular formula is C28H29ClN6O7S2. The van der Waals surface area contributed by atoms with E-state index in [1.165, 1.54) is 31.7 Å². The number of anilines is 1. The van der Waals surface area contributed by atoms with Crippen molar-refractivity contribution in [2.24, 2.45) is 0 Å². The molecule has 1 fully saturated rings. The summed E-state index contributed by atoms with van der Waals surface area (Å²) in [6.45, 7) is 5.44. The number of esters is 3. The average Bonchev–Trinajstić information content (AvgIpc) is 3.69. The molecule has 1 aliphatic rings. The highest BCUT2D eigenvalue weighted by Crippen LogP contribution is 2.37. The zero-order valence-electron chi connectivity index (χ0n) is 24.1. The van der Waals surface area contributed by atoms with E-state index in [2.05, 4.69) is 20.3 Å². The summed E-state index contributed by atoms with van der Waals surface area (Å²) in [5.41, 5.74) is 2.68. The third-order valence-corrected chi connectivity index (χ3v) is 8.85. The van der Waals surface area contributed by atoms with Gasteiger partial charge in [-0.3, -0.25) is 19.0 Å². The van der Waals surface area contributed by atoms with Crippen LogP contribution in [0.2, 0.25) is 5.28 Å². The zero-order chi connectivity index (χ0) is 31.4. The Morgan fingerprint density at radius 3 is 2.50 bits per heavy atom. The number of ether oxygens (including phenoxy) is 4. The zero-order valence-corrected chi connectivity index (χ0v) is 26.5. The van der Waals surface area contributed by atoms with Gasteiger partial charge in [0.1, 0.15) is 12.7 Å². The van der Waals surface area contributed by atoms with Gasteiger partial charge in [0.15, 0.2) is 39.8 Å². The number of benzene rings is 1. The van der Waals surface area contributed by atoms with E-state index >= 15 is 0 Å². The smallest absolute Gasteiger partial charge is 0.303 e. The maximum atomic E-state index is 12.1. The second-order valence-corrected chi connectivity index (χ2v) is 12.4. The predicted octanol–water partition coefficient (Wildman–Crippen LogP) is 4.52. The van der Waals surface area contributed by atoms with Crippen molar-refractivity contribution in [3.63, 3.8) is 0 Å². The van der Waals surface area contributed by atoms with Gasteiger partial charge in [0.25, 0.3) is 0 Å². The molecular weight excluding hydrogens is 632 g/mol. The molecule has 0 amide bonds. The highest BCUT2D eigenvalue weighted by molar-refractivity contribution is 8.01. The number of thioether (sulfide) groups is 1. The number of hydrogen-bond donors (Lipinski definition) is 1. The van der Waals surface area contributed by atoms with Gasteiger partial charge in [0.05, 0.1) is 12.0 Å². The second kappa shape index (κ2) is 13.9. The molecule has 2 unspecified atom stereocenters. The normalized spacial score (nSPS) is 20.3. The predicted molar refractivity (Wildman–Crippen MR) is 163 cm³/mol. The van der Waals surface area contributed by atoms with Crippen molar-refractivity contribution in [1.82, 2.24) is 24.5 Å². The van der Waals surface area contributed by atoms with Crippen molar-refractivity contribution in [3.8, 4) is 11.3 Å². The number of halogens is 1. The van der Waals surface area contributed by atoms with E-state index in [9.17, 15) is 14.4 Å². The van der Waals surface area contributed by atoms with Crippen LogP contribution >= 0.6 is 34.7 Å². The Kier molecular flexibility index (Phi) is 9.98. The molecule has 44 heavy (non-hydrogen) atoms. The van der Waals surface area contributed by atoms with Crippen LogP contribution in [0.1, 0.15) is 33.9 Å². The van der Waals surface area contributed by atoms with Crippen LogP contribution in [0.3, 0.4) is 0 Å². The number of hydrogen-bond acceptors (Lipinski definition) is 14. The Bertz CT molecular complexity index is 1650. The van der Waals surface area contributed by atoms with E-state index < -0.39 is 42.4 Å². The molecule has 0 saturated carbocycles. The number of nitrogens with one attached hydrogen (secondary N) is 1. The van der Waals surface area contributed by atoms with Gasteiger partial charge in [-0.1, -0.05) is 42.1 Å². The van der Waals surface area contributed by atoms with Crippen LogP contribution in [0.15, 0.2) is 46.4 Å². The van der Waals surface area contributed by atoms with Crippen molar-refractivity contribution < 1.29 is 33.3 Å². The Balaban J connectivity index is 1.36. The van der Waals surface area contributed by atoms with Gasteiger partial charge in [0, 0.05) is 43.5 Å². The number of carbonyl (C=O) groups excluding carboxylic acids is 3. The molecule has 0 aliphatic carbocycles. The molecule has 5 rings (SSSR count). The number of fused-ring (bicyclic) bond motifs is 1. The molecule has 3 aromatic heterocycles. The van der Waals surface area contributed by atoms with Crippen LogP contribution in [0.25, 0.3) is 22.4 Å². The fourth-order valence-electron chi connectivity index (χ4n) is 4.63. The third-order valence-electron chi connectivity index (χ3n) is 6.40. The summed E-state index contributed by atoms with van der Waals surface area (Å²) >= 11 is 9.53. The van der Waals surface area contributed by atoms with Gasteiger partial charge in [0.2, 0.25) is 5.28 Å². The van der Waals surface area contributed by atoms with Crippen LogP contribution < -0.4 is 5.32 Å². The average molecular weight is 661 g/mol.